The molecule has 0 aromatic rings. The number of rotatable bonds is 4. The molecule has 1 fully saturated rings. The number of nitrogens with zero attached hydrogens (tertiary/aromatic N) is 1. The second kappa shape index (κ2) is 5.36. The molecule has 1 amide bonds. The zero-order valence-corrected chi connectivity index (χ0v) is 11.8. The van der Waals surface area contributed by atoms with Crippen molar-refractivity contribution in [2.45, 2.75) is 58.7 Å². The van der Waals surface area contributed by atoms with E-state index in [1.54, 1.807) is 0 Å². The number of hydrogen-bond donors (Lipinski definition) is 2. The van der Waals surface area contributed by atoms with Crippen molar-refractivity contribution in [3.63, 3.8) is 0 Å². The molecule has 0 aliphatic carbocycles. The summed E-state index contributed by atoms with van der Waals surface area (Å²) in [7, 11) is 0. The summed E-state index contributed by atoms with van der Waals surface area (Å²) in [5.74, 6) is 0.586. The number of carbonyl (C=O) groups excluding carboxylic acids is 1. The molecule has 1 aliphatic rings. The number of likely N-dealkylation sites (tertiary alicyclic amines) is 1. The summed E-state index contributed by atoms with van der Waals surface area (Å²) in [5, 5.41) is 3.09. The average molecular weight is 241 g/mol. The maximum atomic E-state index is 12.1. The summed E-state index contributed by atoms with van der Waals surface area (Å²) in [6.07, 6.45) is 0.932. The highest BCUT2D eigenvalue weighted by Crippen LogP contribution is 2.18. The molecule has 100 valence electrons. The fraction of sp³-hybridized carbons (Fsp3) is 0.923. The van der Waals surface area contributed by atoms with Crippen LogP contribution in [0.25, 0.3) is 0 Å². The van der Waals surface area contributed by atoms with Crippen LogP contribution in [0.3, 0.4) is 0 Å². The smallest absolute Gasteiger partial charge is 0.237 e. The van der Waals surface area contributed by atoms with E-state index in [9.17, 15) is 4.79 Å². The molecule has 0 bridgehead atoms. The van der Waals surface area contributed by atoms with Gasteiger partial charge in [0, 0.05) is 24.7 Å². The first-order valence-corrected chi connectivity index (χ1v) is 6.58. The Hall–Kier alpha value is -0.610. The van der Waals surface area contributed by atoms with E-state index in [1.165, 1.54) is 0 Å². The van der Waals surface area contributed by atoms with Gasteiger partial charge in [-0.2, -0.15) is 0 Å². The fourth-order valence-corrected chi connectivity index (χ4v) is 2.04. The maximum absolute atomic E-state index is 12.1. The van der Waals surface area contributed by atoms with Crippen molar-refractivity contribution in [1.82, 2.24) is 10.2 Å². The summed E-state index contributed by atoms with van der Waals surface area (Å²) in [5.41, 5.74) is 5.86. The van der Waals surface area contributed by atoms with E-state index in [4.69, 9.17) is 5.73 Å². The lowest BCUT2D eigenvalue weighted by molar-refractivity contribution is -0.127. The second-order valence-corrected chi connectivity index (χ2v) is 6.00. The van der Waals surface area contributed by atoms with Gasteiger partial charge in [0.15, 0.2) is 0 Å². The summed E-state index contributed by atoms with van der Waals surface area (Å²) in [4.78, 5) is 14.3. The van der Waals surface area contributed by atoms with Gasteiger partial charge in [-0.3, -0.25) is 9.69 Å². The van der Waals surface area contributed by atoms with Crippen molar-refractivity contribution >= 4 is 5.91 Å². The highest BCUT2D eigenvalue weighted by Gasteiger charge is 2.33. The molecule has 1 rings (SSSR count). The summed E-state index contributed by atoms with van der Waals surface area (Å²) >= 11 is 0. The molecular formula is C13H27N3O. The molecule has 0 spiro atoms. The van der Waals surface area contributed by atoms with Gasteiger partial charge in [-0.15, -0.1) is 0 Å². The van der Waals surface area contributed by atoms with Crippen LogP contribution in [0.2, 0.25) is 0 Å². The normalized spacial score (nSPS) is 28.1. The first kappa shape index (κ1) is 14.5. The van der Waals surface area contributed by atoms with Gasteiger partial charge >= 0.3 is 0 Å². The Bertz CT molecular complexity index is 268. The molecule has 0 radical (unpaired) electrons. The zero-order valence-electron chi connectivity index (χ0n) is 11.8. The lowest BCUT2D eigenvalue weighted by Crippen LogP contribution is -2.51. The minimum Gasteiger partial charge on any atom is -0.350 e. The highest BCUT2D eigenvalue weighted by molar-refractivity contribution is 5.82. The van der Waals surface area contributed by atoms with Crippen molar-refractivity contribution < 1.29 is 4.79 Å². The lowest BCUT2D eigenvalue weighted by Gasteiger charge is -2.30. The zero-order chi connectivity index (χ0) is 13.2. The van der Waals surface area contributed by atoms with Gasteiger partial charge in [0.2, 0.25) is 5.91 Å². The predicted molar refractivity (Wildman–Crippen MR) is 70.7 cm³/mol. The van der Waals surface area contributed by atoms with Crippen molar-refractivity contribution in [3.05, 3.63) is 0 Å². The van der Waals surface area contributed by atoms with Crippen LogP contribution in [0.5, 0.6) is 0 Å². The molecule has 4 nitrogen and oxygen atoms in total. The van der Waals surface area contributed by atoms with E-state index >= 15 is 0 Å². The van der Waals surface area contributed by atoms with Gasteiger partial charge in [0.25, 0.3) is 0 Å². The Morgan fingerprint density at radius 2 is 2.12 bits per heavy atom. The van der Waals surface area contributed by atoms with Gasteiger partial charge in [-0.25, -0.2) is 0 Å². The largest absolute Gasteiger partial charge is 0.350 e. The molecule has 3 N–H and O–H groups in total. The predicted octanol–water partition coefficient (Wildman–Crippen LogP) is 0.959. The number of hydrogen-bond acceptors (Lipinski definition) is 3. The molecule has 3 atom stereocenters. The van der Waals surface area contributed by atoms with Crippen molar-refractivity contribution in [1.29, 1.82) is 0 Å². The molecular weight excluding hydrogens is 214 g/mol. The average Bonchev–Trinajstić information content (AvgIpc) is 2.57. The SMILES string of the molecule is CCC(C)(C)NC(=O)C(C)N1CC(C)C(N)C1. The quantitative estimate of drug-likeness (QED) is 0.771. The molecule has 0 aromatic carbocycles. The maximum Gasteiger partial charge on any atom is 0.237 e. The third kappa shape index (κ3) is 3.68. The Kier molecular flexibility index (Phi) is 4.55. The molecule has 3 unspecified atom stereocenters. The first-order chi connectivity index (χ1) is 7.76. The lowest BCUT2D eigenvalue weighted by atomic mass is 10.0. The topological polar surface area (TPSA) is 58.4 Å². The Labute approximate surface area is 105 Å². The number of amides is 1. The first-order valence-electron chi connectivity index (χ1n) is 6.58. The molecule has 0 aromatic heterocycles. The van der Waals surface area contributed by atoms with E-state index in [0.717, 1.165) is 19.5 Å². The van der Waals surface area contributed by atoms with Crippen molar-refractivity contribution in [2.24, 2.45) is 11.7 Å². The minimum atomic E-state index is -0.126. The van der Waals surface area contributed by atoms with Crippen LogP contribution in [0.1, 0.15) is 41.0 Å². The molecule has 4 heteroatoms. The molecule has 1 saturated heterocycles. The second-order valence-electron chi connectivity index (χ2n) is 6.00. The van der Waals surface area contributed by atoms with Gasteiger partial charge < -0.3 is 11.1 Å². The summed E-state index contributed by atoms with van der Waals surface area (Å²) < 4.78 is 0. The summed E-state index contributed by atoms with van der Waals surface area (Å²) in [6, 6.07) is 0.112. The van der Waals surface area contributed by atoms with Crippen LogP contribution >= 0.6 is 0 Å². The van der Waals surface area contributed by atoms with E-state index < -0.39 is 0 Å². The summed E-state index contributed by atoms with van der Waals surface area (Å²) in [6.45, 7) is 12.0. The van der Waals surface area contributed by atoms with E-state index in [-0.39, 0.29) is 23.5 Å². The molecule has 17 heavy (non-hydrogen) atoms. The standard InChI is InChI=1S/C13H27N3O/c1-6-13(4,5)15-12(17)10(3)16-7-9(2)11(14)8-16/h9-11H,6-8,14H2,1-5H3,(H,15,17). The van der Waals surface area contributed by atoms with Crippen molar-refractivity contribution in [2.75, 3.05) is 13.1 Å². The third-order valence-electron chi connectivity index (χ3n) is 3.97. The number of nitrogens with one attached hydrogen (secondary N) is 1. The van der Waals surface area contributed by atoms with Gasteiger partial charge in [-0.05, 0) is 33.1 Å². The van der Waals surface area contributed by atoms with Gasteiger partial charge in [0.1, 0.15) is 0 Å². The van der Waals surface area contributed by atoms with Crippen LogP contribution in [0.4, 0.5) is 0 Å². The number of carbonyl (C=O) groups is 1. The van der Waals surface area contributed by atoms with Crippen LogP contribution < -0.4 is 11.1 Å². The number of nitrogens with two attached hydrogens (primary N) is 1. The van der Waals surface area contributed by atoms with E-state index in [1.807, 2.05) is 6.92 Å². The fourth-order valence-electron chi connectivity index (χ4n) is 2.04. The van der Waals surface area contributed by atoms with Gasteiger partial charge in [-0.1, -0.05) is 13.8 Å². The van der Waals surface area contributed by atoms with Crippen LogP contribution in [-0.2, 0) is 4.79 Å². The van der Waals surface area contributed by atoms with Crippen LogP contribution in [-0.4, -0.2) is 41.5 Å². The van der Waals surface area contributed by atoms with E-state index in [2.05, 4.69) is 37.9 Å². The Morgan fingerprint density at radius 3 is 2.53 bits per heavy atom. The monoisotopic (exact) mass is 241 g/mol. The van der Waals surface area contributed by atoms with Gasteiger partial charge in [0.05, 0.1) is 6.04 Å². The molecule has 1 heterocycles. The van der Waals surface area contributed by atoms with Crippen LogP contribution in [0.15, 0.2) is 0 Å². The minimum absolute atomic E-state index is 0.0863. The highest BCUT2D eigenvalue weighted by atomic mass is 16.2. The molecule has 0 saturated carbocycles. The Balaban J connectivity index is 2.53. The van der Waals surface area contributed by atoms with Crippen LogP contribution in [0, 0.1) is 5.92 Å². The van der Waals surface area contributed by atoms with Crippen molar-refractivity contribution in [3.8, 4) is 0 Å². The Morgan fingerprint density at radius 1 is 1.53 bits per heavy atom. The van der Waals surface area contributed by atoms with E-state index in [0.29, 0.717) is 5.92 Å². The molecule has 1 aliphatic heterocycles. The third-order valence-corrected chi connectivity index (χ3v) is 3.97.